The molecule has 2 heterocycles. The van der Waals surface area contributed by atoms with Crippen LogP contribution in [0.5, 0.6) is 0 Å². The van der Waals surface area contributed by atoms with Crippen LogP contribution in [-0.2, 0) is 25.8 Å². The van der Waals surface area contributed by atoms with Crippen molar-refractivity contribution >= 4 is 21.7 Å². The average molecular weight is 316 g/mol. The van der Waals surface area contributed by atoms with Crippen LogP contribution in [0, 0.1) is 6.92 Å². The predicted molar refractivity (Wildman–Crippen MR) is 71.0 cm³/mol. The molecule has 0 spiro atoms. The zero-order valence-corrected chi connectivity index (χ0v) is 12.3. The molecule has 21 heavy (non-hydrogen) atoms. The number of nitrogens with one attached hydrogen (secondary N) is 2. The zero-order chi connectivity index (χ0) is 15.5. The summed E-state index contributed by atoms with van der Waals surface area (Å²) in [7, 11) is -3.04. The number of hydrogen-bond donors (Lipinski definition) is 2. The molecular weight excluding hydrogens is 300 g/mol. The monoisotopic (exact) mass is 316 g/mol. The van der Waals surface area contributed by atoms with Gasteiger partial charge in [0.05, 0.1) is 24.5 Å². The highest BCUT2D eigenvalue weighted by Gasteiger charge is 2.28. The number of sulfone groups is 1. The van der Waals surface area contributed by atoms with Gasteiger partial charge in [-0.05, 0) is 6.42 Å². The number of nitrogens with zero attached hydrogens (tertiary/aromatic N) is 2. The van der Waals surface area contributed by atoms with Gasteiger partial charge in [-0.25, -0.2) is 8.42 Å². The molecule has 116 valence electrons. The minimum absolute atomic E-state index is 0.0468. The maximum atomic E-state index is 11.6. The van der Waals surface area contributed by atoms with Crippen molar-refractivity contribution in [2.45, 2.75) is 25.8 Å². The highest BCUT2D eigenvalue weighted by molar-refractivity contribution is 7.91. The highest BCUT2D eigenvalue weighted by Crippen LogP contribution is 2.10. The topological polar surface area (TPSA) is 131 Å². The SMILES string of the molecule is Cc1nc(CC(=O)NCC(=O)NC2CCS(=O)(=O)C2)no1. The van der Waals surface area contributed by atoms with Crippen molar-refractivity contribution in [1.82, 2.24) is 20.8 Å². The summed E-state index contributed by atoms with van der Waals surface area (Å²) in [5.41, 5.74) is 0. The fourth-order valence-corrected chi connectivity index (χ4v) is 3.66. The Morgan fingerprint density at radius 3 is 2.71 bits per heavy atom. The maximum absolute atomic E-state index is 11.6. The Morgan fingerprint density at radius 1 is 1.38 bits per heavy atom. The molecule has 10 heteroatoms. The molecule has 1 aromatic heterocycles. The van der Waals surface area contributed by atoms with Crippen LogP contribution in [-0.4, -0.2) is 54.5 Å². The van der Waals surface area contributed by atoms with Crippen molar-refractivity contribution in [3.05, 3.63) is 11.7 Å². The average Bonchev–Trinajstić information content (AvgIpc) is 2.93. The van der Waals surface area contributed by atoms with Gasteiger partial charge in [0.1, 0.15) is 0 Å². The molecule has 1 aliphatic heterocycles. The third-order valence-electron chi connectivity index (χ3n) is 2.93. The van der Waals surface area contributed by atoms with E-state index in [0.717, 1.165) is 0 Å². The van der Waals surface area contributed by atoms with Crippen LogP contribution < -0.4 is 10.6 Å². The van der Waals surface area contributed by atoms with Gasteiger partial charge in [0.25, 0.3) is 0 Å². The summed E-state index contributed by atoms with van der Waals surface area (Å²) in [5, 5.41) is 8.56. The Balaban J connectivity index is 1.70. The van der Waals surface area contributed by atoms with Crippen molar-refractivity contribution in [3.63, 3.8) is 0 Å². The van der Waals surface area contributed by atoms with E-state index in [0.29, 0.717) is 12.3 Å². The second-order valence-corrected chi connectivity index (χ2v) is 7.08. The molecule has 0 bridgehead atoms. The van der Waals surface area contributed by atoms with Crippen LogP contribution in [0.2, 0.25) is 0 Å². The number of aromatic nitrogens is 2. The van der Waals surface area contributed by atoms with Crippen molar-refractivity contribution in [3.8, 4) is 0 Å². The van der Waals surface area contributed by atoms with Gasteiger partial charge in [0, 0.05) is 13.0 Å². The molecule has 1 aromatic rings. The van der Waals surface area contributed by atoms with Crippen LogP contribution in [0.15, 0.2) is 4.52 Å². The molecular formula is C11H16N4O5S. The summed E-state index contributed by atoms with van der Waals surface area (Å²) in [6, 6.07) is -0.376. The van der Waals surface area contributed by atoms with Gasteiger partial charge in [-0.1, -0.05) is 5.16 Å². The molecule has 2 amide bonds. The van der Waals surface area contributed by atoms with Crippen LogP contribution >= 0.6 is 0 Å². The van der Waals surface area contributed by atoms with E-state index in [2.05, 4.69) is 20.8 Å². The molecule has 1 atom stereocenters. The van der Waals surface area contributed by atoms with Gasteiger partial charge >= 0.3 is 0 Å². The van der Waals surface area contributed by atoms with Crippen LogP contribution in [0.3, 0.4) is 0 Å². The standard InChI is InChI=1S/C11H16N4O5S/c1-7-13-9(15-20-7)4-10(16)12-5-11(17)14-8-2-3-21(18,19)6-8/h8H,2-6H2,1H3,(H,12,16)(H,14,17). The predicted octanol–water partition coefficient (Wildman–Crippen LogP) is -1.66. The van der Waals surface area contributed by atoms with Gasteiger partial charge in [-0.2, -0.15) is 4.98 Å². The highest BCUT2D eigenvalue weighted by atomic mass is 32.2. The van der Waals surface area contributed by atoms with Crippen molar-refractivity contribution < 1.29 is 22.5 Å². The lowest BCUT2D eigenvalue weighted by atomic mass is 10.2. The number of rotatable bonds is 5. The van der Waals surface area contributed by atoms with E-state index in [1.54, 1.807) is 6.92 Å². The Labute approximate surface area is 121 Å². The van der Waals surface area contributed by atoms with E-state index in [4.69, 9.17) is 4.52 Å². The molecule has 1 aliphatic rings. The molecule has 2 N–H and O–H groups in total. The maximum Gasteiger partial charge on any atom is 0.239 e. The Hall–Kier alpha value is -1.97. The first kappa shape index (κ1) is 15.4. The molecule has 0 aliphatic carbocycles. The van der Waals surface area contributed by atoms with Crippen LogP contribution in [0.1, 0.15) is 18.1 Å². The Bertz CT molecular complexity index is 639. The van der Waals surface area contributed by atoms with Crippen molar-refractivity contribution in [1.29, 1.82) is 0 Å². The molecule has 0 aromatic carbocycles. The lowest BCUT2D eigenvalue weighted by molar-refractivity contribution is -0.126. The molecule has 9 nitrogen and oxygen atoms in total. The number of carbonyl (C=O) groups excluding carboxylic acids is 2. The number of aryl methyl sites for hydroxylation is 1. The molecule has 0 saturated carbocycles. The summed E-state index contributed by atoms with van der Waals surface area (Å²) in [6.45, 7) is 1.39. The van der Waals surface area contributed by atoms with Gasteiger partial charge < -0.3 is 15.2 Å². The van der Waals surface area contributed by atoms with E-state index >= 15 is 0 Å². The largest absolute Gasteiger partial charge is 0.351 e. The second-order valence-electron chi connectivity index (χ2n) is 4.85. The normalized spacial score (nSPS) is 20.1. The minimum atomic E-state index is -3.04. The summed E-state index contributed by atoms with van der Waals surface area (Å²) in [6.07, 6.45) is 0.326. The van der Waals surface area contributed by atoms with Gasteiger partial charge in [0.15, 0.2) is 15.7 Å². The molecule has 1 saturated heterocycles. The van der Waals surface area contributed by atoms with E-state index in [9.17, 15) is 18.0 Å². The minimum Gasteiger partial charge on any atom is -0.351 e. The fourth-order valence-electron chi connectivity index (χ4n) is 1.99. The summed E-state index contributed by atoms with van der Waals surface area (Å²) in [4.78, 5) is 27.0. The van der Waals surface area contributed by atoms with E-state index in [1.807, 2.05) is 0 Å². The summed E-state index contributed by atoms with van der Waals surface area (Å²) < 4.78 is 27.2. The molecule has 1 fully saturated rings. The number of amides is 2. The molecule has 2 rings (SSSR count). The fraction of sp³-hybridized carbons (Fsp3) is 0.636. The first-order valence-electron chi connectivity index (χ1n) is 6.40. The quantitative estimate of drug-likeness (QED) is 0.664. The molecule has 0 radical (unpaired) electrons. The summed E-state index contributed by atoms with van der Waals surface area (Å²) >= 11 is 0. The second kappa shape index (κ2) is 6.20. The Morgan fingerprint density at radius 2 is 2.14 bits per heavy atom. The van der Waals surface area contributed by atoms with Gasteiger partial charge in [-0.15, -0.1) is 0 Å². The van der Waals surface area contributed by atoms with E-state index < -0.39 is 21.7 Å². The third kappa shape index (κ3) is 4.81. The van der Waals surface area contributed by atoms with Gasteiger partial charge in [0.2, 0.25) is 17.7 Å². The smallest absolute Gasteiger partial charge is 0.239 e. The van der Waals surface area contributed by atoms with E-state index in [-0.39, 0.29) is 36.3 Å². The lowest BCUT2D eigenvalue weighted by Crippen LogP contribution is -2.42. The van der Waals surface area contributed by atoms with Crippen LogP contribution in [0.25, 0.3) is 0 Å². The molecule has 1 unspecified atom stereocenters. The lowest BCUT2D eigenvalue weighted by Gasteiger charge is -2.11. The first-order valence-corrected chi connectivity index (χ1v) is 8.22. The Kier molecular flexibility index (Phi) is 4.56. The number of hydrogen-bond acceptors (Lipinski definition) is 7. The summed E-state index contributed by atoms with van der Waals surface area (Å²) in [5.74, 6) is -0.193. The third-order valence-corrected chi connectivity index (χ3v) is 4.70. The first-order chi connectivity index (χ1) is 9.84. The van der Waals surface area contributed by atoms with Gasteiger partial charge in [-0.3, -0.25) is 9.59 Å². The van der Waals surface area contributed by atoms with Crippen molar-refractivity contribution in [2.24, 2.45) is 0 Å². The van der Waals surface area contributed by atoms with Crippen molar-refractivity contribution in [2.75, 3.05) is 18.1 Å². The van der Waals surface area contributed by atoms with Crippen LogP contribution in [0.4, 0.5) is 0 Å². The zero-order valence-electron chi connectivity index (χ0n) is 11.5. The van der Waals surface area contributed by atoms with E-state index in [1.165, 1.54) is 0 Å². The number of carbonyl (C=O) groups is 2.